The highest BCUT2D eigenvalue weighted by molar-refractivity contribution is 5.71. The van der Waals surface area contributed by atoms with Crippen molar-refractivity contribution < 1.29 is 0 Å². The highest BCUT2D eigenvalue weighted by Gasteiger charge is 2.05. The van der Waals surface area contributed by atoms with E-state index in [1.54, 1.807) is 7.05 Å². The SMILES string of the molecule is C/N=C/C=C/C1=CC=CCCC1C. The van der Waals surface area contributed by atoms with Gasteiger partial charge in [0.2, 0.25) is 0 Å². The minimum Gasteiger partial charge on any atom is -0.297 e. The summed E-state index contributed by atoms with van der Waals surface area (Å²) in [6, 6.07) is 0. The molecule has 1 nitrogen and oxygen atoms in total. The van der Waals surface area contributed by atoms with Crippen LogP contribution in [0.25, 0.3) is 0 Å². The van der Waals surface area contributed by atoms with Gasteiger partial charge in [-0.2, -0.15) is 0 Å². The van der Waals surface area contributed by atoms with Crippen LogP contribution in [-0.2, 0) is 0 Å². The highest BCUT2D eigenvalue weighted by Crippen LogP contribution is 2.20. The topological polar surface area (TPSA) is 12.4 Å². The molecule has 0 aliphatic heterocycles. The van der Waals surface area contributed by atoms with Gasteiger partial charge in [-0.1, -0.05) is 31.2 Å². The van der Waals surface area contributed by atoms with Gasteiger partial charge in [-0.25, -0.2) is 0 Å². The predicted molar refractivity (Wildman–Crippen MR) is 59.2 cm³/mol. The van der Waals surface area contributed by atoms with Crippen molar-refractivity contribution in [3.05, 3.63) is 36.0 Å². The summed E-state index contributed by atoms with van der Waals surface area (Å²) in [5, 5.41) is 0. The summed E-state index contributed by atoms with van der Waals surface area (Å²) in [6.07, 6.45) is 15.0. The number of aliphatic imine (C=N–C) groups is 1. The van der Waals surface area contributed by atoms with Crippen molar-refractivity contribution in [2.45, 2.75) is 19.8 Å². The Hall–Kier alpha value is -1.11. The number of rotatable bonds is 2. The van der Waals surface area contributed by atoms with E-state index in [1.807, 2.05) is 12.3 Å². The van der Waals surface area contributed by atoms with Crippen molar-refractivity contribution >= 4 is 6.21 Å². The Morgan fingerprint density at radius 3 is 3.15 bits per heavy atom. The molecule has 0 saturated carbocycles. The van der Waals surface area contributed by atoms with Gasteiger partial charge in [0.1, 0.15) is 0 Å². The van der Waals surface area contributed by atoms with Crippen LogP contribution in [0.3, 0.4) is 0 Å². The summed E-state index contributed by atoms with van der Waals surface area (Å²) in [5.74, 6) is 0.663. The van der Waals surface area contributed by atoms with Gasteiger partial charge in [0.15, 0.2) is 0 Å². The van der Waals surface area contributed by atoms with E-state index >= 15 is 0 Å². The molecule has 1 heteroatoms. The number of allylic oxidation sites excluding steroid dienone is 6. The Bertz CT molecular complexity index is 256. The fourth-order valence-corrected chi connectivity index (χ4v) is 1.41. The summed E-state index contributed by atoms with van der Waals surface area (Å²) in [5.41, 5.74) is 1.40. The minimum absolute atomic E-state index is 0.663. The fraction of sp³-hybridized carbons (Fsp3) is 0.417. The molecule has 0 aromatic rings. The van der Waals surface area contributed by atoms with E-state index in [4.69, 9.17) is 0 Å². The van der Waals surface area contributed by atoms with E-state index in [-0.39, 0.29) is 0 Å². The lowest BCUT2D eigenvalue weighted by atomic mass is 9.97. The molecule has 1 aliphatic rings. The van der Waals surface area contributed by atoms with Crippen LogP contribution in [0.1, 0.15) is 19.8 Å². The Labute approximate surface area is 80.6 Å². The van der Waals surface area contributed by atoms with Crippen molar-refractivity contribution in [1.82, 2.24) is 0 Å². The molecule has 0 aromatic carbocycles. The fourth-order valence-electron chi connectivity index (χ4n) is 1.41. The van der Waals surface area contributed by atoms with E-state index in [1.165, 1.54) is 18.4 Å². The first-order valence-electron chi connectivity index (χ1n) is 4.80. The molecule has 13 heavy (non-hydrogen) atoms. The van der Waals surface area contributed by atoms with Crippen molar-refractivity contribution in [2.24, 2.45) is 10.9 Å². The molecular formula is C12H17N. The summed E-state index contributed by atoms with van der Waals surface area (Å²) >= 11 is 0. The van der Waals surface area contributed by atoms with Gasteiger partial charge in [0, 0.05) is 13.3 Å². The predicted octanol–water partition coefficient (Wildman–Crippen LogP) is 3.16. The van der Waals surface area contributed by atoms with E-state index in [0.29, 0.717) is 5.92 Å². The molecular weight excluding hydrogens is 158 g/mol. The average Bonchev–Trinajstić information content (AvgIpc) is 2.32. The van der Waals surface area contributed by atoms with Gasteiger partial charge in [0.05, 0.1) is 0 Å². The third-order valence-electron chi connectivity index (χ3n) is 2.28. The summed E-state index contributed by atoms with van der Waals surface area (Å²) < 4.78 is 0. The Kier molecular flexibility index (Phi) is 4.24. The molecule has 0 heterocycles. The van der Waals surface area contributed by atoms with Crippen molar-refractivity contribution in [3.8, 4) is 0 Å². The van der Waals surface area contributed by atoms with E-state index in [0.717, 1.165) is 0 Å². The van der Waals surface area contributed by atoms with Crippen LogP contribution in [0.2, 0.25) is 0 Å². The Morgan fingerprint density at radius 1 is 1.54 bits per heavy atom. The molecule has 1 unspecified atom stereocenters. The zero-order valence-electron chi connectivity index (χ0n) is 8.40. The first-order valence-corrected chi connectivity index (χ1v) is 4.80. The van der Waals surface area contributed by atoms with Gasteiger partial charge in [0.25, 0.3) is 0 Å². The molecule has 0 amide bonds. The number of hydrogen-bond donors (Lipinski definition) is 0. The molecule has 0 aromatic heterocycles. The Morgan fingerprint density at radius 2 is 2.38 bits per heavy atom. The summed E-state index contributed by atoms with van der Waals surface area (Å²) in [4.78, 5) is 3.91. The van der Waals surface area contributed by atoms with Crippen molar-refractivity contribution in [3.63, 3.8) is 0 Å². The third kappa shape index (κ3) is 3.41. The van der Waals surface area contributed by atoms with Gasteiger partial charge in [-0.15, -0.1) is 0 Å². The maximum Gasteiger partial charge on any atom is 0.0277 e. The second-order valence-corrected chi connectivity index (χ2v) is 3.34. The lowest BCUT2D eigenvalue weighted by Crippen LogP contribution is -1.95. The molecule has 1 rings (SSSR count). The quantitative estimate of drug-likeness (QED) is 0.572. The normalized spacial score (nSPS) is 23.8. The van der Waals surface area contributed by atoms with E-state index in [9.17, 15) is 0 Å². The van der Waals surface area contributed by atoms with E-state index < -0.39 is 0 Å². The van der Waals surface area contributed by atoms with Crippen LogP contribution in [0.4, 0.5) is 0 Å². The maximum absolute atomic E-state index is 3.91. The number of nitrogens with zero attached hydrogens (tertiary/aromatic N) is 1. The maximum atomic E-state index is 3.91. The molecule has 0 bridgehead atoms. The largest absolute Gasteiger partial charge is 0.297 e. The third-order valence-corrected chi connectivity index (χ3v) is 2.28. The van der Waals surface area contributed by atoms with Crippen LogP contribution >= 0.6 is 0 Å². The lowest BCUT2D eigenvalue weighted by molar-refractivity contribution is 0.639. The van der Waals surface area contributed by atoms with Gasteiger partial charge in [-0.05, 0) is 30.4 Å². The first kappa shape index (κ1) is 9.97. The van der Waals surface area contributed by atoms with Crippen LogP contribution in [-0.4, -0.2) is 13.3 Å². The van der Waals surface area contributed by atoms with Crippen LogP contribution in [0.5, 0.6) is 0 Å². The Balaban J connectivity index is 2.64. The summed E-state index contributed by atoms with van der Waals surface area (Å²) in [6.45, 7) is 2.27. The molecule has 1 atom stereocenters. The standard InChI is InChI=1S/C12H17N/c1-11-7-4-3-5-8-12(11)9-6-10-13-2/h3,5-6,8-11H,4,7H2,1-2H3/b9-6+,13-10+. The van der Waals surface area contributed by atoms with Gasteiger partial charge in [-0.3, -0.25) is 4.99 Å². The minimum atomic E-state index is 0.663. The highest BCUT2D eigenvalue weighted by atomic mass is 14.6. The lowest BCUT2D eigenvalue weighted by Gasteiger charge is -2.08. The van der Waals surface area contributed by atoms with Gasteiger partial charge < -0.3 is 0 Å². The smallest absolute Gasteiger partial charge is 0.0277 e. The first-order chi connectivity index (χ1) is 6.34. The molecule has 0 radical (unpaired) electrons. The van der Waals surface area contributed by atoms with Crippen molar-refractivity contribution in [1.29, 1.82) is 0 Å². The average molecular weight is 175 g/mol. The molecule has 70 valence electrons. The zero-order chi connectivity index (χ0) is 9.52. The van der Waals surface area contributed by atoms with Gasteiger partial charge >= 0.3 is 0 Å². The summed E-state index contributed by atoms with van der Waals surface area (Å²) in [7, 11) is 1.79. The molecule has 0 spiro atoms. The van der Waals surface area contributed by atoms with E-state index in [2.05, 4.69) is 36.2 Å². The molecule has 0 fully saturated rings. The molecule has 0 N–H and O–H groups in total. The molecule has 0 saturated heterocycles. The number of hydrogen-bond acceptors (Lipinski definition) is 1. The van der Waals surface area contributed by atoms with Crippen molar-refractivity contribution in [2.75, 3.05) is 7.05 Å². The van der Waals surface area contributed by atoms with Crippen LogP contribution < -0.4 is 0 Å². The zero-order valence-corrected chi connectivity index (χ0v) is 8.40. The molecule has 1 aliphatic carbocycles. The van der Waals surface area contributed by atoms with Crippen LogP contribution in [0.15, 0.2) is 40.9 Å². The van der Waals surface area contributed by atoms with Crippen LogP contribution in [0, 0.1) is 5.92 Å². The monoisotopic (exact) mass is 175 g/mol. The second kappa shape index (κ2) is 5.52. The second-order valence-electron chi connectivity index (χ2n) is 3.34.